The van der Waals surface area contributed by atoms with Crippen LogP contribution in [0.2, 0.25) is 5.02 Å². The molecule has 1 saturated heterocycles. The SMILES string of the molecule is COc1ccc2c(Cc3ccc(OCCN4CCCC4)cc3)c(-c3ccc(C(F)(F)F)cc3Cl)c(=O)oc2c1. The summed E-state index contributed by atoms with van der Waals surface area (Å²) in [6, 6.07) is 15.6. The van der Waals surface area contributed by atoms with Crippen molar-refractivity contribution < 1.29 is 27.1 Å². The molecule has 9 heteroatoms. The van der Waals surface area contributed by atoms with Crippen LogP contribution in [-0.2, 0) is 12.6 Å². The van der Waals surface area contributed by atoms with E-state index in [4.69, 9.17) is 25.5 Å². The first-order valence-corrected chi connectivity index (χ1v) is 13.1. The molecule has 1 aliphatic rings. The summed E-state index contributed by atoms with van der Waals surface area (Å²) in [5.41, 5.74) is 0.484. The molecule has 1 aromatic heterocycles. The minimum absolute atomic E-state index is 0.123. The normalized spacial score (nSPS) is 14.2. The third-order valence-electron chi connectivity index (χ3n) is 6.97. The fourth-order valence-corrected chi connectivity index (χ4v) is 5.20. The van der Waals surface area contributed by atoms with E-state index >= 15 is 0 Å². The molecular formula is C30H27ClF3NO4. The van der Waals surface area contributed by atoms with Gasteiger partial charge in [0.05, 0.1) is 18.2 Å². The molecule has 2 heterocycles. The number of rotatable bonds is 8. The largest absolute Gasteiger partial charge is 0.497 e. The first-order chi connectivity index (χ1) is 18.7. The molecule has 1 aliphatic heterocycles. The van der Waals surface area contributed by atoms with Gasteiger partial charge >= 0.3 is 11.8 Å². The Hall–Kier alpha value is -3.49. The molecule has 0 saturated carbocycles. The Labute approximate surface area is 228 Å². The molecule has 0 bridgehead atoms. The molecule has 0 atom stereocenters. The molecule has 0 aliphatic carbocycles. The highest BCUT2D eigenvalue weighted by molar-refractivity contribution is 6.33. The highest BCUT2D eigenvalue weighted by atomic mass is 35.5. The van der Waals surface area contributed by atoms with Gasteiger partial charge in [-0.05, 0) is 79.9 Å². The lowest BCUT2D eigenvalue weighted by Crippen LogP contribution is -2.25. The van der Waals surface area contributed by atoms with Gasteiger partial charge < -0.3 is 13.9 Å². The molecule has 0 radical (unpaired) electrons. The van der Waals surface area contributed by atoms with Crippen molar-refractivity contribution in [2.75, 3.05) is 33.4 Å². The van der Waals surface area contributed by atoms with Crippen molar-refractivity contribution in [2.24, 2.45) is 0 Å². The molecule has 0 amide bonds. The Morgan fingerprint density at radius 1 is 0.974 bits per heavy atom. The lowest BCUT2D eigenvalue weighted by Gasteiger charge is -2.16. The van der Waals surface area contributed by atoms with Crippen LogP contribution in [-0.4, -0.2) is 38.3 Å². The number of nitrogens with zero attached hydrogens (tertiary/aromatic N) is 1. The summed E-state index contributed by atoms with van der Waals surface area (Å²) in [6.07, 6.45) is -1.79. The molecule has 3 aromatic carbocycles. The molecule has 0 spiro atoms. The maximum absolute atomic E-state index is 13.3. The summed E-state index contributed by atoms with van der Waals surface area (Å²) in [7, 11) is 1.51. The van der Waals surface area contributed by atoms with Gasteiger partial charge in [-0.3, -0.25) is 4.90 Å². The van der Waals surface area contributed by atoms with Crippen LogP contribution in [0.25, 0.3) is 22.1 Å². The monoisotopic (exact) mass is 557 g/mol. The maximum atomic E-state index is 13.3. The number of hydrogen-bond acceptors (Lipinski definition) is 5. The Morgan fingerprint density at radius 3 is 2.36 bits per heavy atom. The van der Waals surface area contributed by atoms with Crippen LogP contribution in [0.15, 0.2) is 69.9 Å². The molecular weight excluding hydrogens is 531 g/mol. The van der Waals surface area contributed by atoms with Gasteiger partial charge in [0.1, 0.15) is 23.7 Å². The lowest BCUT2D eigenvalue weighted by atomic mass is 9.93. The fourth-order valence-electron chi connectivity index (χ4n) is 4.93. The van der Waals surface area contributed by atoms with Crippen molar-refractivity contribution in [3.8, 4) is 22.6 Å². The topological polar surface area (TPSA) is 51.9 Å². The number of ether oxygens (including phenoxy) is 2. The predicted molar refractivity (Wildman–Crippen MR) is 145 cm³/mol. The average molecular weight is 558 g/mol. The third-order valence-corrected chi connectivity index (χ3v) is 7.28. The second-order valence-electron chi connectivity index (χ2n) is 9.52. The van der Waals surface area contributed by atoms with Gasteiger partial charge in [0, 0.05) is 28.6 Å². The average Bonchev–Trinajstić information content (AvgIpc) is 3.43. The number of halogens is 4. The first-order valence-electron chi connectivity index (χ1n) is 12.7. The van der Waals surface area contributed by atoms with E-state index in [2.05, 4.69) is 4.90 Å². The van der Waals surface area contributed by atoms with Crippen molar-refractivity contribution in [3.05, 3.63) is 92.8 Å². The minimum atomic E-state index is -4.56. The smallest absolute Gasteiger partial charge is 0.416 e. The summed E-state index contributed by atoms with van der Waals surface area (Å²) < 4.78 is 56.5. The quantitative estimate of drug-likeness (QED) is 0.214. The van der Waals surface area contributed by atoms with Crippen molar-refractivity contribution in [1.29, 1.82) is 0 Å². The summed E-state index contributed by atoms with van der Waals surface area (Å²) in [6.45, 7) is 3.70. The van der Waals surface area contributed by atoms with Crippen LogP contribution >= 0.6 is 11.6 Å². The number of hydrogen-bond donors (Lipinski definition) is 0. The fraction of sp³-hybridized carbons (Fsp3) is 0.300. The Kier molecular flexibility index (Phi) is 7.86. The molecule has 0 unspecified atom stereocenters. The Bertz CT molecular complexity index is 1530. The predicted octanol–water partition coefficient (Wildman–Crippen LogP) is 7.21. The molecule has 204 valence electrons. The zero-order valence-corrected chi connectivity index (χ0v) is 22.1. The van der Waals surface area contributed by atoms with Crippen molar-refractivity contribution in [3.63, 3.8) is 0 Å². The summed E-state index contributed by atoms with van der Waals surface area (Å²) in [4.78, 5) is 15.6. The van der Waals surface area contributed by atoms with E-state index in [1.165, 1.54) is 26.0 Å². The van der Waals surface area contributed by atoms with E-state index in [1.54, 1.807) is 18.2 Å². The highest BCUT2D eigenvalue weighted by Gasteiger charge is 2.31. The molecule has 5 nitrogen and oxygen atoms in total. The molecule has 39 heavy (non-hydrogen) atoms. The van der Waals surface area contributed by atoms with Crippen LogP contribution in [0.3, 0.4) is 0 Å². The van der Waals surface area contributed by atoms with Gasteiger partial charge in [-0.25, -0.2) is 4.79 Å². The van der Waals surface area contributed by atoms with E-state index < -0.39 is 17.4 Å². The number of likely N-dealkylation sites (tertiary alicyclic amines) is 1. The number of alkyl halides is 3. The zero-order valence-electron chi connectivity index (χ0n) is 21.3. The first kappa shape index (κ1) is 27.1. The van der Waals surface area contributed by atoms with Crippen molar-refractivity contribution in [2.45, 2.75) is 25.4 Å². The molecule has 1 fully saturated rings. The van der Waals surface area contributed by atoms with Gasteiger partial charge in [-0.15, -0.1) is 0 Å². The van der Waals surface area contributed by atoms with Crippen LogP contribution in [0, 0.1) is 0 Å². The standard InChI is InChI=1S/C30H27ClF3NO4/c1-37-22-9-11-23-25(16-19-4-7-21(8-5-19)38-15-14-35-12-2-3-13-35)28(29(36)39-27(23)18-22)24-10-6-20(17-26(24)31)30(32,33)34/h4-11,17-18H,2-3,12-16H2,1H3. The van der Waals surface area contributed by atoms with Gasteiger partial charge in [0.15, 0.2) is 0 Å². The molecule has 4 aromatic rings. The molecule has 5 rings (SSSR count). The zero-order chi connectivity index (χ0) is 27.6. The van der Waals surface area contributed by atoms with Crippen molar-refractivity contribution >= 4 is 22.6 Å². The summed E-state index contributed by atoms with van der Waals surface area (Å²) in [5.74, 6) is 1.25. The third kappa shape index (κ3) is 6.07. The van der Waals surface area contributed by atoms with Gasteiger partial charge in [-0.2, -0.15) is 13.2 Å². The second kappa shape index (κ2) is 11.3. The van der Waals surface area contributed by atoms with Gasteiger partial charge in [-0.1, -0.05) is 29.8 Å². The molecule has 0 N–H and O–H groups in total. The van der Waals surface area contributed by atoms with E-state index in [-0.39, 0.29) is 16.1 Å². The summed E-state index contributed by atoms with van der Waals surface area (Å²) in [5, 5.41) is 0.445. The number of fused-ring (bicyclic) bond motifs is 1. The van der Waals surface area contributed by atoms with E-state index in [9.17, 15) is 18.0 Å². The van der Waals surface area contributed by atoms with Gasteiger partial charge in [0.2, 0.25) is 0 Å². The Morgan fingerprint density at radius 2 is 1.69 bits per heavy atom. The minimum Gasteiger partial charge on any atom is -0.497 e. The van der Waals surface area contributed by atoms with Gasteiger partial charge in [0.25, 0.3) is 0 Å². The maximum Gasteiger partial charge on any atom is 0.416 e. The highest BCUT2D eigenvalue weighted by Crippen LogP contribution is 2.38. The van der Waals surface area contributed by atoms with E-state index in [0.717, 1.165) is 43.1 Å². The number of benzene rings is 3. The summed E-state index contributed by atoms with van der Waals surface area (Å²) >= 11 is 6.31. The van der Waals surface area contributed by atoms with Crippen LogP contribution < -0.4 is 15.1 Å². The number of methoxy groups -OCH3 is 1. The lowest BCUT2D eigenvalue weighted by molar-refractivity contribution is -0.137. The second-order valence-corrected chi connectivity index (χ2v) is 9.92. The van der Waals surface area contributed by atoms with Crippen molar-refractivity contribution in [1.82, 2.24) is 4.90 Å². The van der Waals surface area contributed by atoms with E-state index in [0.29, 0.717) is 35.3 Å². The Balaban J connectivity index is 1.50. The van der Waals surface area contributed by atoms with Crippen LogP contribution in [0.1, 0.15) is 29.5 Å². The van der Waals surface area contributed by atoms with Crippen LogP contribution in [0.4, 0.5) is 13.2 Å². The van der Waals surface area contributed by atoms with E-state index in [1.807, 2.05) is 24.3 Å². The van der Waals surface area contributed by atoms with Crippen LogP contribution in [0.5, 0.6) is 11.5 Å².